The molecule has 0 bridgehead atoms. The van der Waals surface area contributed by atoms with Crippen molar-refractivity contribution >= 4 is 11.8 Å². The number of pyridine rings is 1. The molecule has 0 N–H and O–H groups in total. The molecule has 7 heteroatoms. The molecule has 1 aliphatic rings. The van der Waals surface area contributed by atoms with E-state index in [1.54, 1.807) is 40.3 Å². The van der Waals surface area contributed by atoms with Crippen LogP contribution < -0.4 is 4.74 Å². The van der Waals surface area contributed by atoms with Gasteiger partial charge in [-0.3, -0.25) is 14.6 Å². The number of benzene rings is 1. The Morgan fingerprint density at radius 2 is 1.76 bits per heavy atom. The Morgan fingerprint density at radius 3 is 2.44 bits per heavy atom. The quantitative estimate of drug-likeness (QED) is 0.846. The smallest absolute Gasteiger partial charge is 0.260 e. The van der Waals surface area contributed by atoms with Crippen molar-refractivity contribution < 1.29 is 18.7 Å². The standard InChI is InChI=1S/C18H18FN3O3/c19-15-5-1-2-6-16(15)25-13-17(23)21-8-10-22(11-9-21)18(24)14-4-3-7-20-12-14/h1-7,12H,8-11,13H2. The minimum atomic E-state index is -0.498. The molecule has 0 unspecified atom stereocenters. The monoisotopic (exact) mass is 343 g/mol. The lowest BCUT2D eigenvalue weighted by molar-refractivity contribution is -0.134. The number of hydrogen-bond acceptors (Lipinski definition) is 4. The fraction of sp³-hybridized carbons (Fsp3) is 0.278. The van der Waals surface area contributed by atoms with Crippen LogP contribution in [0.4, 0.5) is 4.39 Å². The van der Waals surface area contributed by atoms with Gasteiger partial charge in [0.15, 0.2) is 18.2 Å². The van der Waals surface area contributed by atoms with Gasteiger partial charge < -0.3 is 14.5 Å². The first-order valence-corrected chi connectivity index (χ1v) is 7.99. The van der Waals surface area contributed by atoms with Crippen LogP contribution in [-0.2, 0) is 4.79 Å². The molecule has 1 aromatic carbocycles. The molecule has 25 heavy (non-hydrogen) atoms. The molecule has 2 heterocycles. The van der Waals surface area contributed by atoms with Crippen LogP contribution in [0.15, 0.2) is 48.8 Å². The van der Waals surface area contributed by atoms with Gasteiger partial charge in [-0.2, -0.15) is 0 Å². The van der Waals surface area contributed by atoms with Gasteiger partial charge >= 0.3 is 0 Å². The number of nitrogens with zero attached hydrogens (tertiary/aromatic N) is 3. The van der Waals surface area contributed by atoms with Crippen molar-refractivity contribution in [1.29, 1.82) is 0 Å². The second kappa shape index (κ2) is 7.74. The van der Waals surface area contributed by atoms with E-state index in [0.717, 1.165) is 0 Å². The van der Waals surface area contributed by atoms with Crippen molar-refractivity contribution in [3.05, 3.63) is 60.2 Å². The van der Waals surface area contributed by atoms with Crippen LogP contribution in [0.1, 0.15) is 10.4 Å². The Morgan fingerprint density at radius 1 is 1.04 bits per heavy atom. The van der Waals surface area contributed by atoms with Gasteiger partial charge in [-0.05, 0) is 24.3 Å². The molecule has 0 aliphatic carbocycles. The molecule has 2 amide bonds. The molecular formula is C18H18FN3O3. The summed E-state index contributed by atoms with van der Waals surface area (Å²) in [7, 11) is 0. The predicted molar refractivity (Wildman–Crippen MR) is 88.6 cm³/mol. The summed E-state index contributed by atoms with van der Waals surface area (Å²) < 4.78 is 18.7. The van der Waals surface area contributed by atoms with Gasteiger partial charge in [-0.25, -0.2) is 4.39 Å². The van der Waals surface area contributed by atoms with E-state index in [4.69, 9.17) is 4.74 Å². The van der Waals surface area contributed by atoms with E-state index in [9.17, 15) is 14.0 Å². The molecule has 0 spiro atoms. The molecule has 0 radical (unpaired) electrons. The van der Waals surface area contributed by atoms with Gasteiger partial charge in [0, 0.05) is 38.6 Å². The number of piperazine rings is 1. The molecule has 6 nitrogen and oxygen atoms in total. The zero-order valence-corrected chi connectivity index (χ0v) is 13.6. The first-order chi connectivity index (χ1) is 12.1. The maximum absolute atomic E-state index is 13.5. The Hall–Kier alpha value is -2.96. The molecule has 130 valence electrons. The number of halogens is 1. The lowest BCUT2D eigenvalue weighted by Crippen LogP contribution is -2.51. The van der Waals surface area contributed by atoms with Crippen LogP contribution in [0.2, 0.25) is 0 Å². The van der Waals surface area contributed by atoms with E-state index in [2.05, 4.69) is 4.98 Å². The summed E-state index contributed by atoms with van der Waals surface area (Å²) in [4.78, 5) is 31.8. The first kappa shape index (κ1) is 16.9. The number of carbonyl (C=O) groups is 2. The van der Waals surface area contributed by atoms with Crippen LogP contribution in [0, 0.1) is 5.82 Å². The summed E-state index contributed by atoms with van der Waals surface area (Å²) in [6, 6.07) is 9.39. The average molecular weight is 343 g/mol. The third-order valence-electron chi connectivity index (χ3n) is 4.02. The number of aromatic nitrogens is 1. The molecule has 1 saturated heterocycles. The number of hydrogen-bond donors (Lipinski definition) is 0. The third-order valence-corrected chi connectivity index (χ3v) is 4.02. The highest BCUT2D eigenvalue weighted by atomic mass is 19.1. The molecule has 3 rings (SSSR count). The molecule has 1 aromatic heterocycles. The number of para-hydroxylation sites is 1. The van der Waals surface area contributed by atoms with Crippen molar-refractivity contribution in [3.63, 3.8) is 0 Å². The maximum atomic E-state index is 13.5. The normalized spacial score (nSPS) is 14.3. The van der Waals surface area contributed by atoms with Gasteiger partial charge in [0.2, 0.25) is 0 Å². The summed E-state index contributed by atoms with van der Waals surface area (Å²) in [5.41, 5.74) is 0.533. The Labute approximate surface area is 144 Å². The Kier molecular flexibility index (Phi) is 5.23. The Balaban J connectivity index is 1.49. The molecule has 2 aromatic rings. The van der Waals surface area contributed by atoms with Gasteiger partial charge in [-0.1, -0.05) is 12.1 Å². The lowest BCUT2D eigenvalue weighted by Gasteiger charge is -2.34. The average Bonchev–Trinajstić information content (AvgIpc) is 2.67. The van der Waals surface area contributed by atoms with E-state index in [1.807, 2.05) is 0 Å². The van der Waals surface area contributed by atoms with E-state index < -0.39 is 5.82 Å². The first-order valence-electron chi connectivity index (χ1n) is 7.99. The van der Waals surface area contributed by atoms with Crippen molar-refractivity contribution in [2.75, 3.05) is 32.8 Å². The Bertz CT molecular complexity index is 746. The second-order valence-corrected chi connectivity index (χ2v) is 5.63. The number of rotatable bonds is 4. The van der Waals surface area contributed by atoms with Crippen molar-refractivity contribution in [3.8, 4) is 5.75 Å². The van der Waals surface area contributed by atoms with Crippen molar-refractivity contribution in [2.45, 2.75) is 0 Å². The molecule has 1 fully saturated rings. The van der Waals surface area contributed by atoms with Gasteiger partial charge in [0.25, 0.3) is 11.8 Å². The second-order valence-electron chi connectivity index (χ2n) is 5.63. The minimum Gasteiger partial charge on any atom is -0.481 e. The summed E-state index contributed by atoms with van der Waals surface area (Å²) in [5.74, 6) is -0.761. The zero-order chi connectivity index (χ0) is 17.6. The highest BCUT2D eigenvalue weighted by Gasteiger charge is 2.25. The van der Waals surface area contributed by atoms with Crippen LogP contribution >= 0.6 is 0 Å². The van der Waals surface area contributed by atoms with Gasteiger partial charge in [0.05, 0.1) is 5.56 Å². The van der Waals surface area contributed by atoms with Crippen LogP contribution in [0.5, 0.6) is 5.75 Å². The van der Waals surface area contributed by atoms with E-state index >= 15 is 0 Å². The highest BCUT2D eigenvalue weighted by molar-refractivity contribution is 5.94. The highest BCUT2D eigenvalue weighted by Crippen LogP contribution is 2.15. The van der Waals surface area contributed by atoms with Gasteiger partial charge in [-0.15, -0.1) is 0 Å². The third kappa shape index (κ3) is 4.12. The van der Waals surface area contributed by atoms with Crippen LogP contribution in [0.3, 0.4) is 0 Å². The SMILES string of the molecule is O=C(COc1ccccc1F)N1CCN(C(=O)c2cccnc2)CC1. The number of ether oxygens (including phenoxy) is 1. The molecule has 0 saturated carbocycles. The largest absolute Gasteiger partial charge is 0.481 e. The number of amides is 2. The predicted octanol–water partition coefficient (Wildman–Crippen LogP) is 1.58. The molecular weight excluding hydrogens is 325 g/mol. The van der Waals surface area contributed by atoms with Crippen LogP contribution in [0.25, 0.3) is 0 Å². The summed E-state index contributed by atoms with van der Waals surface area (Å²) in [5, 5.41) is 0. The summed E-state index contributed by atoms with van der Waals surface area (Å²) in [6.45, 7) is 1.51. The van der Waals surface area contributed by atoms with E-state index in [1.165, 1.54) is 18.3 Å². The van der Waals surface area contributed by atoms with E-state index in [-0.39, 0.29) is 24.2 Å². The fourth-order valence-electron chi connectivity index (χ4n) is 2.62. The van der Waals surface area contributed by atoms with Crippen molar-refractivity contribution in [1.82, 2.24) is 14.8 Å². The van der Waals surface area contributed by atoms with Crippen molar-refractivity contribution in [2.24, 2.45) is 0 Å². The minimum absolute atomic E-state index is 0.0567. The van der Waals surface area contributed by atoms with Crippen LogP contribution in [-0.4, -0.2) is 59.4 Å². The van der Waals surface area contributed by atoms with E-state index in [0.29, 0.717) is 31.7 Å². The number of carbonyl (C=O) groups excluding carboxylic acids is 2. The molecule has 1 aliphatic heterocycles. The zero-order valence-electron chi connectivity index (χ0n) is 13.6. The topological polar surface area (TPSA) is 62.7 Å². The fourth-order valence-corrected chi connectivity index (χ4v) is 2.62. The molecule has 0 atom stereocenters. The summed E-state index contributed by atoms with van der Waals surface area (Å²) >= 11 is 0. The lowest BCUT2D eigenvalue weighted by atomic mass is 10.2. The summed E-state index contributed by atoms with van der Waals surface area (Å²) in [6.07, 6.45) is 3.14. The maximum Gasteiger partial charge on any atom is 0.260 e. The van der Waals surface area contributed by atoms with Gasteiger partial charge in [0.1, 0.15) is 0 Å².